The van der Waals surface area contributed by atoms with Gasteiger partial charge in [0.15, 0.2) is 5.78 Å². The summed E-state index contributed by atoms with van der Waals surface area (Å²) in [5.41, 5.74) is 0.742. The molecule has 0 saturated heterocycles. The number of fused-ring (bicyclic) bond motifs is 1. The lowest BCUT2D eigenvalue weighted by molar-refractivity contribution is 0.0831. The van der Waals surface area contributed by atoms with E-state index in [1.165, 1.54) is 12.1 Å². The number of methoxy groups -OCH3 is 1. The molecule has 3 rings (SSSR count). The summed E-state index contributed by atoms with van der Waals surface area (Å²) in [6.07, 6.45) is 1.36. The number of hydrogen-bond acceptors (Lipinski definition) is 4. The molecule has 0 aromatic heterocycles. The molecule has 27 heavy (non-hydrogen) atoms. The van der Waals surface area contributed by atoms with Gasteiger partial charge >= 0.3 is 0 Å². The van der Waals surface area contributed by atoms with E-state index in [-0.39, 0.29) is 30.5 Å². The van der Waals surface area contributed by atoms with Crippen molar-refractivity contribution in [2.75, 3.05) is 7.11 Å². The molecule has 4 nitrogen and oxygen atoms in total. The highest BCUT2D eigenvalue weighted by molar-refractivity contribution is 6.31. The SMILES string of the molecule is C=C(CCC1CC(=O)c2cc(OCc3c(F)cccc3Cl)ccc2O1)OC. The van der Waals surface area contributed by atoms with Gasteiger partial charge in [0.05, 0.1) is 23.5 Å². The number of ketones is 1. The minimum Gasteiger partial charge on any atom is -0.502 e. The minimum atomic E-state index is -0.430. The van der Waals surface area contributed by atoms with Crippen LogP contribution in [-0.2, 0) is 11.3 Å². The van der Waals surface area contributed by atoms with Crippen LogP contribution in [0.2, 0.25) is 5.02 Å². The zero-order valence-electron chi connectivity index (χ0n) is 15.0. The number of carbonyl (C=O) groups is 1. The van der Waals surface area contributed by atoms with Gasteiger partial charge in [-0.3, -0.25) is 4.79 Å². The second-order valence-corrected chi connectivity index (χ2v) is 6.70. The molecule has 142 valence electrons. The number of carbonyl (C=O) groups excluding carboxylic acids is 1. The van der Waals surface area contributed by atoms with Crippen molar-refractivity contribution in [2.24, 2.45) is 0 Å². The first-order chi connectivity index (χ1) is 13.0. The summed E-state index contributed by atoms with van der Waals surface area (Å²) < 4.78 is 30.4. The third-order valence-corrected chi connectivity index (χ3v) is 4.79. The topological polar surface area (TPSA) is 44.8 Å². The first-order valence-electron chi connectivity index (χ1n) is 8.59. The minimum absolute atomic E-state index is 0.0151. The maximum Gasteiger partial charge on any atom is 0.170 e. The number of rotatable bonds is 7. The molecule has 0 spiro atoms. The molecule has 0 radical (unpaired) electrons. The van der Waals surface area contributed by atoms with E-state index in [1.54, 1.807) is 31.4 Å². The third kappa shape index (κ3) is 4.61. The highest BCUT2D eigenvalue weighted by Crippen LogP contribution is 2.33. The van der Waals surface area contributed by atoms with E-state index in [0.717, 1.165) is 0 Å². The highest BCUT2D eigenvalue weighted by atomic mass is 35.5. The molecule has 2 aromatic carbocycles. The lowest BCUT2D eigenvalue weighted by Gasteiger charge is -2.25. The van der Waals surface area contributed by atoms with Crippen molar-refractivity contribution in [3.05, 3.63) is 70.7 Å². The Morgan fingerprint density at radius 1 is 1.37 bits per heavy atom. The molecular formula is C21H20ClFO4. The Morgan fingerprint density at radius 3 is 2.93 bits per heavy atom. The summed E-state index contributed by atoms with van der Waals surface area (Å²) in [6.45, 7) is 3.75. The molecule has 1 aliphatic heterocycles. The van der Waals surface area contributed by atoms with Gasteiger partial charge in [0.2, 0.25) is 0 Å². The lowest BCUT2D eigenvalue weighted by Crippen LogP contribution is -2.27. The summed E-state index contributed by atoms with van der Waals surface area (Å²) in [6, 6.07) is 9.48. The van der Waals surface area contributed by atoms with E-state index >= 15 is 0 Å². The molecule has 2 aromatic rings. The van der Waals surface area contributed by atoms with Crippen LogP contribution in [0.1, 0.15) is 35.2 Å². The monoisotopic (exact) mass is 390 g/mol. The Kier molecular flexibility index (Phi) is 6.01. The summed E-state index contributed by atoms with van der Waals surface area (Å²) in [7, 11) is 1.57. The van der Waals surface area contributed by atoms with Crippen molar-refractivity contribution in [1.29, 1.82) is 0 Å². The van der Waals surface area contributed by atoms with Crippen molar-refractivity contribution in [3.8, 4) is 11.5 Å². The summed E-state index contributed by atoms with van der Waals surface area (Å²) in [4.78, 5) is 12.5. The fourth-order valence-corrected chi connectivity index (χ4v) is 3.09. The van der Waals surface area contributed by atoms with Crippen LogP contribution in [0.5, 0.6) is 11.5 Å². The average Bonchev–Trinajstić information content (AvgIpc) is 2.66. The first kappa shape index (κ1) is 19.2. The second-order valence-electron chi connectivity index (χ2n) is 6.30. The van der Waals surface area contributed by atoms with Gasteiger partial charge in [-0.1, -0.05) is 24.2 Å². The molecule has 0 aliphatic carbocycles. The Labute approximate surface area is 162 Å². The smallest absolute Gasteiger partial charge is 0.170 e. The molecule has 0 saturated carbocycles. The van der Waals surface area contributed by atoms with Gasteiger partial charge in [-0.15, -0.1) is 0 Å². The van der Waals surface area contributed by atoms with Crippen molar-refractivity contribution >= 4 is 17.4 Å². The maximum absolute atomic E-state index is 13.8. The maximum atomic E-state index is 13.8. The van der Waals surface area contributed by atoms with Crippen molar-refractivity contribution in [3.63, 3.8) is 0 Å². The van der Waals surface area contributed by atoms with Gasteiger partial charge in [0.1, 0.15) is 30.0 Å². The van der Waals surface area contributed by atoms with Crippen molar-refractivity contribution < 1.29 is 23.4 Å². The summed E-state index contributed by atoms with van der Waals surface area (Å²) in [5.74, 6) is 1.19. The Hall–Kier alpha value is -2.53. The van der Waals surface area contributed by atoms with E-state index in [0.29, 0.717) is 40.7 Å². The normalized spacial score (nSPS) is 15.7. The summed E-state index contributed by atoms with van der Waals surface area (Å²) in [5, 5.41) is 0.299. The highest BCUT2D eigenvalue weighted by Gasteiger charge is 2.27. The van der Waals surface area contributed by atoms with Crippen LogP contribution in [0, 0.1) is 5.82 Å². The fourth-order valence-electron chi connectivity index (χ4n) is 2.87. The molecular weight excluding hydrogens is 371 g/mol. The lowest BCUT2D eigenvalue weighted by atomic mass is 9.98. The molecule has 0 N–H and O–H groups in total. The van der Waals surface area contributed by atoms with Crippen LogP contribution in [-0.4, -0.2) is 19.0 Å². The second kappa shape index (κ2) is 8.44. The van der Waals surface area contributed by atoms with E-state index in [4.69, 9.17) is 25.8 Å². The predicted octanol–water partition coefficient (Wildman–Crippen LogP) is 5.33. The van der Waals surface area contributed by atoms with E-state index in [1.807, 2.05) is 0 Å². The van der Waals surface area contributed by atoms with Gasteiger partial charge in [-0.2, -0.15) is 0 Å². The molecule has 6 heteroatoms. The van der Waals surface area contributed by atoms with Gasteiger partial charge in [0.25, 0.3) is 0 Å². The Bertz CT molecular complexity index is 845. The zero-order valence-corrected chi connectivity index (χ0v) is 15.7. The van der Waals surface area contributed by atoms with E-state index in [9.17, 15) is 9.18 Å². The van der Waals surface area contributed by atoms with Crippen LogP contribution < -0.4 is 9.47 Å². The van der Waals surface area contributed by atoms with Crippen LogP contribution in [0.25, 0.3) is 0 Å². The molecule has 0 fully saturated rings. The van der Waals surface area contributed by atoms with Gasteiger partial charge < -0.3 is 14.2 Å². The van der Waals surface area contributed by atoms with E-state index < -0.39 is 5.82 Å². The predicted molar refractivity (Wildman–Crippen MR) is 101 cm³/mol. The first-order valence-corrected chi connectivity index (χ1v) is 8.97. The standard InChI is InChI=1S/C21H20ClFO4/c1-13(25-2)6-7-15-11-20(24)16-10-14(8-9-21(16)27-15)26-12-17-18(22)4-3-5-19(17)23/h3-5,8-10,15H,1,6-7,11-12H2,2H3. The number of allylic oxidation sites excluding steroid dienone is 1. The van der Waals surface area contributed by atoms with Crippen molar-refractivity contribution in [2.45, 2.75) is 32.0 Å². The number of halogens is 2. The number of benzene rings is 2. The van der Waals surface area contributed by atoms with E-state index in [2.05, 4.69) is 6.58 Å². The Morgan fingerprint density at radius 2 is 2.19 bits per heavy atom. The Balaban J connectivity index is 1.68. The molecule has 0 bridgehead atoms. The average molecular weight is 391 g/mol. The zero-order chi connectivity index (χ0) is 19.4. The number of ether oxygens (including phenoxy) is 3. The fraction of sp³-hybridized carbons (Fsp3) is 0.286. The molecule has 1 unspecified atom stereocenters. The number of Topliss-reactive ketones (excluding diaryl/α,β-unsaturated/α-hetero) is 1. The molecule has 1 atom stereocenters. The van der Waals surface area contributed by atoms with Crippen LogP contribution in [0.3, 0.4) is 0 Å². The van der Waals surface area contributed by atoms with Crippen molar-refractivity contribution in [1.82, 2.24) is 0 Å². The van der Waals surface area contributed by atoms with Crippen LogP contribution >= 0.6 is 11.6 Å². The van der Waals surface area contributed by atoms with Crippen LogP contribution in [0.15, 0.2) is 48.7 Å². The van der Waals surface area contributed by atoms with Crippen LogP contribution in [0.4, 0.5) is 4.39 Å². The molecule has 1 aliphatic rings. The van der Waals surface area contributed by atoms with Gasteiger partial charge in [-0.25, -0.2) is 4.39 Å². The molecule has 1 heterocycles. The quantitative estimate of drug-likeness (QED) is 0.599. The number of hydrogen-bond donors (Lipinski definition) is 0. The van der Waals surface area contributed by atoms with Gasteiger partial charge in [0, 0.05) is 18.4 Å². The molecule has 0 amide bonds. The largest absolute Gasteiger partial charge is 0.502 e. The summed E-state index contributed by atoms with van der Waals surface area (Å²) >= 11 is 6.00. The van der Waals surface area contributed by atoms with Gasteiger partial charge in [-0.05, 0) is 36.8 Å². The third-order valence-electron chi connectivity index (χ3n) is 4.44.